The molecular formula is C24H34N2O7. The monoisotopic (exact) mass is 462 g/mol. The third kappa shape index (κ3) is 9.93. The lowest BCUT2D eigenvalue weighted by Gasteiger charge is -2.25. The second kappa shape index (κ2) is 12.2. The van der Waals surface area contributed by atoms with Gasteiger partial charge in [0, 0.05) is 6.42 Å². The highest BCUT2D eigenvalue weighted by Crippen LogP contribution is 2.21. The summed E-state index contributed by atoms with van der Waals surface area (Å²) >= 11 is 0. The first kappa shape index (κ1) is 26.2. The fourth-order valence-electron chi connectivity index (χ4n) is 3.56. The number of hydrogen-bond donors (Lipinski definition) is 3. The minimum absolute atomic E-state index is 0.0492. The lowest BCUT2D eigenvalue weighted by Crippen LogP contribution is -2.53. The quantitative estimate of drug-likeness (QED) is 0.481. The van der Waals surface area contributed by atoms with Crippen molar-refractivity contribution in [2.45, 2.75) is 89.5 Å². The molecule has 33 heavy (non-hydrogen) atoms. The molecule has 2 atom stereocenters. The molecule has 1 aromatic carbocycles. The summed E-state index contributed by atoms with van der Waals surface area (Å²) in [7, 11) is 0. The van der Waals surface area contributed by atoms with Crippen molar-refractivity contribution in [1.29, 1.82) is 0 Å². The van der Waals surface area contributed by atoms with Gasteiger partial charge in [-0.2, -0.15) is 0 Å². The second-order valence-corrected chi connectivity index (χ2v) is 9.24. The summed E-state index contributed by atoms with van der Waals surface area (Å²) in [5.41, 5.74) is -0.0940. The molecule has 2 unspecified atom stereocenters. The maximum absolute atomic E-state index is 12.9. The molecule has 0 bridgehead atoms. The highest BCUT2D eigenvalue weighted by Gasteiger charge is 2.31. The van der Waals surface area contributed by atoms with E-state index in [1.165, 1.54) is 0 Å². The number of carboxylic acids is 1. The first-order valence-electron chi connectivity index (χ1n) is 11.3. The second-order valence-electron chi connectivity index (χ2n) is 9.24. The topological polar surface area (TPSA) is 131 Å². The molecule has 1 aliphatic rings. The Morgan fingerprint density at radius 2 is 1.64 bits per heavy atom. The van der Waals surface area contributed by atoms with E-state index in [-0.39, 0.29) is 12.5 Å². The van der Waals surface area contributed by atoms with Gasteiger partial charge in [-0.15, -0.1) is 0 Å². The molecule has 1 aromatic rings. The molecule has 3 N–H and O–H groups in total. The standard InChI is InChI=1S/C24H34N2O7/c1-24(2,3)33-23(31)26-18(15-20(27)32-17-12-8-5-9-13-17)21(28)25-19(22(29)30)14-16-10-6-4-7-11-16/h4,6-7,10-11,17-19H,5,8-9,12-15H2,1-3H3,(H,25,28)(H,26,31)(H,29,30). The van der Waals surface area contributed by atoms with E-state index >= 15 is 0 Å². The van der Waals surface area contributed by atoms with Crippen LogP contribution in [0.25, 0.3) is 0 Å². The van der Waals surface area contributed by atoms with Crippen molar-refractivity contribution in [3.8, 4) is 0 Å². The maximum Gasteiger partial charge on any atom is 0.408 e. The predicted molar refractivity (Wildman–Crippen MR) is 120 cm³/mol. The fraction of sp³-hybridized carbons (Fsp3) is 0.583. The van der Waals surface area contributed by atoms with Crippen LogP contribution in [0.2, 0.25) is 0 Å². The molecule has 9 nitrogen and oxygen atoms in total. The van der Waals surface area contributed by atoms with Crippen LogP contribution < -0.4 is 10.6 Å². The van der Waals surface area contributed by atoms with Gasteiger partial charge in [0.1, 0.15) is 23.8 Å². The van der Waals surface area contributed by atoms with E-state index in [1.54, 1.807) is 51.1 Å². The average Bonchev–Trinajstić information content (AvgIpc) is 2.72. The van der Waals surface area contributed by atoms with Crippen molar-refractivity contribution < 1.29 is 33.8 Å². The van der Waals surface area contributed by atoms with E-state index in [4.69, 9.17) is 9.47 Å². The lowest BCUT2D eigenvalue weighted by atomic mass is 9.98. The van der Waals surface area contributed by atoms with Crippen LogP contribution in [0.5, 0.6) is 0 Å². The summed E-state index contributed by atoms with van der Waals surface area (Å²) in [6.07, 6.45) is 3.09. The van der Waals surface area contributed by atoms with E-state index in [9.17, 15) is 24.3 Å². The number of aliphatic carboxylic acids is 1. The summed E-state index contributed by atoms with van der Waals surface area (Å²) in [5, 5.41) is 14.4. The van der Waals surface area contributed by atoms with Crippen LogP contribution in [0, 0.1) is 0 Å². The predicted octanol–water partition coefficient (Wildman–Crippen LogP) is 2.96. The number of alkyl carbamates (subject to hydrolysis) is 1. The van der Waals surface area contributed by atoms with Gasteiger partial charge < -0.3 is 25.2 Å². The Balaban J connectivity index is 2.08. The summed E-state index contributed by atoms with van der Waals surface area (Å²) in [6, 6.07) is 6.26. The van der Waals surface area contributed by atoms with Gasteiger partial charge in [-0.25, -0.2) is 9.59 Å². The molecule has 0 aromatic heterocycles. The minimum atomic E-state index is -1.34. The molecule has 1 saturated carbocycles. The summed E-state index contributed by atoms with van der Waals surface area (Å²) in [5.74, 6) is -2.66. The Morgan fingerprint density at radius 3 is 2.21 bits per heavy atom. The SMILES string of the molecule is CC(C)(C)OC(=O)NC(CC(=O)OC1CCCCC1)C(=O)NC(Cc1ccccc1)C(=O)O. The number of ether oxygens (including phenoxy) is 2. The van der Waals surface area contributed by atoms with Gasteiger partial charge in [-0.05, 0) is 52.0 Å². The molecule has 0 radical (unpaired) electrons. The number of rotatable bonds is 9. The molecule has 0 saturated heterocycles. The summed E-state index contributed by atoms with van der Waals surface area (Å²) in [4.78, 5) is 49.4. The highest BCUT2D eigenvalue weighted by atomic mass is 16.6. The van der Waals surface area contributed by atoms with Gasteiger partial charge in [0.15, 0.2) is 0 Å². The highest BCUT2D eigenvalue weighted by molar-refractivity contribution is 5.92. The Labute approximate surface area is 194 Å². The van der Waals surface area contributed by atoms with Gasteiger partial charge in [0.2, 0.25) is 5.91 Å². The van der Waals surface area contributed by atoms with Crippen molar-refractivity contribution >= 4 is 23.9 Å². The van der Waals surface area contributed by atoms with Crippen molar-refractivity contribution in [3.63, 3.8) is 0 Å². The summed E-state index contributed by atoms with van der Waals surface area (Å²) < 4.78 is 10.7. The molecule has 0 heterocycles. The Kier molecular flexibility index (Phi) is 9.69. The Hall–Kier alpha value is -3.10. The van der Waals surface area contributed by atoms with E-state index in [2.05, 4.69) is 10.6 Å². The van der Waals surface area contributed by atoms with Gasteiger partial charge in [0.05, 0.1) is 6.42 Å². The number of benzene rings is 1. The first-order valence-corrected chi connectivity index (χ1v) is 11.3. The third-order valence-electron chi connectivity index (χ3n) is 5.13. The zero-order valence-electron chi connectivity index (χ0n) is 19.5. The van der Waals surface area contributed by atoms with Gasteiger partial charge >= 0.3 is 18.0 Å². The van der Waals surface area contributed by atoms with Crippen LogP contribution in [0.3, 0.4) is 0 Å². The molecule has 9 heteroatoms. The number of carbonyl (C=O) groups is 4. The number of hydrogen-bond acceptors (Lipinski definition) is 6. The lowest BCUT2D eigenvalue weighted by molar-refractivity contribution is -0.152. The number of carboxylic acid groups (broad SMARTS) is 1. The fourth-order valence-corrected chi connectivity index (χ4v) is 3.56. The summed E-state index contributed by atoms with van der Waals surface area (Å²) in [6.45, 7) is 5.00. The van der Waals surface area contributed by atoms with E-state index in [0.717, 1.165) is 37.7 Å². The van der Waals surface area contributed by atoms with Crippen LogP contribution >= 0.6 is 0 Å². The number of carbonyl (C=O) groups excluding carboxylic acids is 3. The molecule has 0 spiro atoms. The van der Waals surface area contributed by atoms with Gasteiger partial charge in [0.25, 0.3) is 0 Å². The Bertz CT molecular complexity index is 814. The maximum atomic E-state index is 12.9. The van der Waals surface area contributed by atoms with Crippen LogP contribution in [-0.4, -0.2) is 52.8 Å². The zero-order valence-corrected chi connectivity index (χ0v) is 19.5. The van der Waals surface area contributed by atoms with Gasteiger partial charge in [-0.1, -0.05) is 36.8 Å². The normalized spacial score (nSPS) is 16.2. The molecule has 182 valence electrons. The Morgan fingerprint density at radius 1 is 1.00 bits per heavy atom. The molecule has 1 aliphatic carbocycles. The van der Waals surface area contributed by atoms with Gasteiger partial charge in [-0.3, -0.25) is 9.59 Å². The van der Waals surface area contributed by atoms with Crippen molar-refractivity contribution in [3.05, 3.63) is 35.9 Å². The minimum Gasteiger partial charge on any atom is -0.480 e. The molecule has 2 rings (SSSR count). The molecule has 2 amide bonds. The third-order valence-corrected chi connectivity index (χ3v) is 5.13. The number of esters is 1. The number of nitrogens with one attached hydrogen (secondary N) is 2. The zero-order chi connectivity index (χ0) is 24.4. The smallest absolute Gasteiger partial charge is 0.408 e. The van der Waals surface area contributed by atoms with Crippen LogP contribution in [0.4, 0.5) is 4.79 Å². The van der Waals surface area contributed by atoms with Crippen LogP contribution in [0.15, 0.2) is 30.3 Å². The first-order chi connectivity index (χ1) is 15.5. The number of amides is 2. The van der Waals surface area contributed by atoms with E-state index in [0.29, 0.717) is 0 Å². The van der Waals surface area contributed by atoms with Crippen LogP contribution in [-0.2, 0) is 30.3 Å². The van der Waals surface area contributed by atoms with E-state index in [1.807, 2.05) is 0 Å². The van der Waals surface area contributed by atoms with Crippen molar-refractivity contribution in [1.82, 2.24) is 10.6 Å². The average molecular weight is 463 g/mol. The van der Waals surface area contributed by atoms with Crippen molar-refractivity contribution in [2.75, 3.05) is 0 Å². The van der Waals surface area contributed by atoms with Crippen molar-refractivity contribution in [2.24, 2.45) is 0 Å². The van der Waals surface area contributed by atoms with E-state index < -0.39 is 48.0 Å². The van der Waals surface area contributed by atoms with Crippen LogP contribution in [0.1, 0.15) is 64.9 Å². The molecular weight excluding hydrogens is 428 g/mol. The largest absolute Gasteiger partial charge is 0.480 e. The molecule has 1 fully saturated rings. The molecule has 0 aliphatic heterocycles.